The summed E-state index contributed by atoms with van der Waals surface area (Å²) in [5.74, 6) is 0. The van der Waals surface area contributed by atoms with Crippen LogP contribution in [0.5, 0.6) is 0 Å². The Balaban J connectivity index is 0. The second-order valence-corrected chi connectivity index (χ2v) is 1.17. The van der Waals surface area contributed by atoms with Gasteiger partial charge in [0.15, 0.2) is 0 Å². The van der Waals surface area contributed by atoms with E-state index in [1.807, 2.05) is 13.3 Å². The minimum Gasteiger partial charge on any atom is -0.233 e. The van der Waals surface area contributed by atoms with Gasteiger partial charge < -0.3 is 0 Å². The molecule has 0 aromatic carbocycles. The van der Waals surface area contributed by atoms with Gasteiger partial charge in [0.25, 0.3) is 0 Å². The van der Waals surface area contributed by atoms with E-state index in [9.17, 15) is 0 Å². The molecule has 42 valence electrons. The van der Waals surface area contributed by atoms with E-state index in [0.29, 0.717) is 0 Å². The summed E-state index contributed by atoms with van der Waals surface area (Å²) in [6.45, 7) is 4.14. The summed E-state index contributed by atoms with van der Waals surface area (Å²) in [4.78, 5) is 0. The van der Waals surface area contributed by atoms with Crippen LogP contribution in [0.1, 0.15) is 20.3 Å². The maximum absolute atomic E-state index is 2.12. The van der Waals surface area contributed by atoms with Crippen molar-refractivity contribution >= 4 is 0 Å². The van der Waals surface area contributed by atoms with Crippen LogP contribution >= 0.6 is 0 Å². The van der Waals surface area contributed by atoms with Gasteiger partial charge in [0.05, 0.1) is 0 Å². The molecule has 0 spiro atoms. The van der Waals surface area contributed by atoms with E-state index in [0.717, 1.165) is 6.42 Å². The molecule has 1 heteroatoms. The van der Waals surface area contributed by atoms with E-state index in [1.165, 1.54) is 0 Å². The van der Waals surface area contributed by atoms with Crippen molar-refractivity contribution in [1.82, 2.24) is 0 Å². The standard InChI is InChI=1S/C6H11.Sm/c1-3-5-6-4-2;/h3,5-6H,4H2,1-2H3;/q-1;. The van der Waals surface area contributed by atoms with E-state index in [1.54, 1.807) is 0 Å². The van der Waals surface area contributed by atoms with E-state index in [4.69, 9.17) is 0 Å². The topological polar surface area (TPSA) is 0 Å². The van der Waals surface area contributed by atoms with Crippen LogP contribution in [0.3, 0.4) is 0 Å². The first-order valence-electron chi connectivity index (χ1n) is 2.36. The van der Waals surface area contributed by atoms with Crippen LogP contribution in [0.25, 0.3) is 0 Å². The fourth-order valence-corrected chi connectivity index (χ4v) is 0.272. The summed E-state index contributed by atoms with van der Waals surface area (Å²) in [6.07, 6.45) is 7.36. The normalized spacial score (nSPS) is 8.29. The fourth-order valence-electron chi connectivity index (χ4n) is 0.272. The summed E-state index contributed by atoms with van der Waals surface area (Å²) in [7, 11) is 0. The summed E-state index contributed by atoms with van der Waals surface area (Å²) < 4.78 is 0. The Bertz CT molecular complexity index is 33.4. The van der Waals surface area contributed by atoms with Crippen molar-refractivity contribution in [3.05, 3.63) is 18.6 Å². The van der Waals surface area contributed by atoms with Crippen molar-refractivity contribution in [2.75, 3.05) is 0 Å². The van der Waals surface area contributed by atoms with E-state index in [-0.39, 0.29) is 40.4 Å². The molecule has 0 saturated carbocycles. The SMILES string of the molecule is C[CH-]C=CCC.[Sm]. The van der Waals surface area contributed by atoms with Gasteiger partial charge in [-0.3, -0.25) is 0 Å². The average Bonchev–Trinajstić information content (AvgIpc) is 1.61. The van der Waals surface area contributed by atoms with Crippen LogP contribution in [0.15, 0.2) is 12.2 Å². The van der Waals surface area contributed by atoms with E-state index >= 15 is 0 Å². The van der Waals surface area contributed by atoms with Crippen molar-refractivity contribution in [3.8, 4) is 0 Å². The molecule has 0 bridgehead atoms. The Kier molecular flexibility index (Phi) is 15.6. The Labute approximate surface area is 78.5 Å². The predicted molar refractivity (Wildman–Crippen MR) is 29.4 cm³/mol. The van der Waals surface area contributed by atoms with Gasteiger partial charge in [-0.05, 0) is 0 Å². The molecule has 0 aliphatic carbocycles. The quantitative estimate of drug-likeness (QED) is 0.642. The van der Waals surface area contributed by atoms with Crippen LogP contribution in [0, 0.1) is 46.8 Å². The molecular formula is C6H11Sm-. The van der Waals surface area contributed by atoms with E-state index in [2.05, 4.69) is 19.1 Å². The molecule has 0 rings (SSSR count). The third-order valence-electron chi connectivity index (χ3n) is 0.564. The Morgan fingerprint density at radius 2 is 2.14 bits per heavy atom. The number of rotatable bonds is 2. The summed E-state index contributed by atoms with van der Waals surface area (Å²) >= 11 is 0. The van der Waals surface area contributed by atoms with Crippen molar-refractivity contribution < 1.29 is 40.4 Å². The fraction of sp³-hybridized carbons (Fsp3) is 0.500. The van der Waals surface area contributed by atoms with Crippen molar-refractivity contribution in [2.24, 2.45) is 0 Å². The maximum atomic E-state index is 2.12. The zero-order valence-corrected chi connectivity index (χ0v) is 7.47. The van der Waals surface area contributed by atoms with Gasteiger partial charge in [0.2, 0.25) is 0 Å². The Morgan fingerprint density at radius 3 is 2.29 bits per heavy atom. The molecule has 0 fully saturated rings. The molecule has 0 heterocycles. The van der Waals surface area contributed by atoms with Gasteiger partial charge >= 0.3 is 0 Å². The Morgan fingerprint density at radius 1 is 1.57 bits per heavy atom. The first kappa shape index (κ1) is 10.8. The smallest absolute Gasteiger partial charge is 0 e. The maximum Gasteiger partial charge on any atom is 0 e. The minimum absolute atomic E-state index is 0. The minimum atomic E-state index is 0. The van der Waals surface area contributed by atoms with Crippen LogP contribution in [-0.2, 0) is 0 Å². The molecule has 0 atom stereocenters. The Hall–Kier alpha value is 0.948. The van der Waals surface area contributed by atoms with Gasteiger partial charge in [0.1, 0.15) is 0 Å². The first-order chi connectivity index (χ1) is 2.91. The molecule has 0 aromatic heterocycles. The van der Waals surface area contributed by atoms with Gasteiger partial charge in [-0.15, -0.1) is 13.3 Å². The number of allylic oxidation sites excluding steroid dienone is 2. The number of hydrogen-bond acceptors (Lipinski definition) is 0. The first-order valence-corrected chi connectivity index (χ1v) is 2.36. The average molecular weight is 234 g/mol. The van der Waals surface area contributed by atoms with E-state index < -0.39 is 0 Å². The molecule has 0 unspecified atom stereocenters. The molecule has 0 radical (unpaired) electrons. The van der Waals surface area contributed by atoms with Crippen LogP contribution in [0.4, 0.5) is 0 Å². The summed E-state index contributed by atoms with van der Waals surface area (Å²) in [5.41, 5.74) is 0. The summed E-state index contributed by atoms with van der Waals surface area (Å²) in [6, 6.07) is 0. The third-order valence-corrected chi connectivity index (χ3v) is 0.564. The van der Waals surface area contributed by atoms with Gasteiger partial charge in [-0.1, -0.05) is 6.92 Å². The molecule has 0 amide bonds. The molecule has 7 heavy (non-hydrogen) atoms. The van der Waals surface area contributed by atoms with Crippen molar-refractivity contribution in [1.29, 1.82) is 0 Å². The largest absolute Gasteiger partial charge is 0.233 e. The molecule has 0 aromatic rings. The van der Waals surface area contributed by atoms with Crippen LogP contribution < -0.4 is 0 Å². The zero-order chi connectivity index (χ0) is 4.83. The molecule has 0 aliphatic heterocycles. The van der Waals surface area contributed by atoms with Crippen molar-refractivity contribution in [2.45, 2.75) is 20.3 Å². The van der Waals surface area contributed by atoms with Crippen molar-refractivity contribution in [3.63, 3.8) is 0 Å². The second-order valence-electron chi connectivity index (χ2n) is 1.17. The summed E-state index contributed by atoms with van der Waals surface area (Å²) in [5, 5.41) is 0. The van der Waals surface area contributed by atoms with Gasteiger partial charge in [-0.2, -0.15) is 0 Å². The monoisotopic (exact) mass is 235 g/mol. The zero-order valence-electron chi connectivity index (χ0n) is 4.85. The van der Waals surface area contributed by atoms with Gasteiger partial charge in [0, 0.05) is 40.4 Å². The molecule has 0 saturated heterocycles. The van der Waals surface area contributed by atoms with Crippen LogP contribution in [-0.4, -0.2) is 0 Å². The number of hydrogen-bond donors (Lipinski definition) is 0. The second kappa shape index (κ2) is 10.0. The third kappa shape index (κ3) is 10.9. The molecular weight excluding hydrogens is 222 g/mol. The molecule has 0 aliphatic rings. The predicted octanol–water partition coefficient (Wildman–Crippen LogP) is 2.18. The molecule has 0 nitrogen and oxygen atoms in total. The molecule has 0 N–H and O–H groups in total. The van der Waals surface area contributed by atoms with Crippen LogP contribution in [0.2, 0.25) is 0 Å². The van der Waals surface area contributed by atoms with Gasteiger partial charge in [-0.25, -0.2) is 18.6 Å².